The molecule has 0 saturated carbocycles. The minimum Gasteiger partial charge on any atom is -0.493 e. The van der Waals surface area contributed by atoms with Crippen LogP contribution in [0.15, 0.2) is 17.7 Å². The third-order valence-electron chi connectivity index (χ3n) is 2.29. The van der Waals surface area contributed by atoms with Gasteiger partial charge < -0.3 is 14.2 Å². The number of hydrogen-bond acceptors (Lipinski definition) is 5. The molecule has 18 heavy (non-hydrogen) atoms. The van der Waals surface area contributed by atoms with Gasteiger partial charge in [0.25, 0.3) is 0 Å². The molecule has 1 aromatic rings. The third kappa shape index (κ3) is 2.88. The molecule has 0 N–H and O–H groups in total. The largest absolute Gasteiger partial charge is 0.493 e. The number of benzene rings is 1. The molecule has 0 amide bonds. The second-order valence-electron chi connectivity index (χ2n) is 3.34. The van der Waals surface area contributed by atoms with E-state index in [9.17, 15) is 9.59 Å². The number of aldehydes is 2. The maximum absolute atomic E-state index is 10.6. The van der Waals surface area contributed by atoms with Gasteiger partial charge in [-0.3, -0.25) is 9.59 Å². The molecular formula is C13H14O5. The van der Waals surface area contributed by atoms with Crippen LogP contribution in [0.1, 0.15) is 5.56 Å². The first kappa shape index (κ1) is 13.8. The van der Waals surface area contributed by atoms with Crippen molar-refractivity contribution in [3.8, 4) is 17.2 Å². The molecule has 0 aliphatic carbocycles. The molecule has 0 atom stereocenters. The Morgan fingerprint density at radius 2 is 1.44 bits per heavy atom. The van der Waals surface area contributed by atoms with Crippen LogP contribution in [0.3, 0.4) is 0 Å². The first-order chi connectivity index (χ1) is 8.69. The average Bonchev–Trinajstić information content (AvgIpc) is 2.43. The van der Waals surface area contributed by atoms with Crippen molar-refractivity contribution in [2.75, 3.05) is 21.3 Å². The summed E-state index contributed by atoms with van der Waals surface area (Å²) in [4.78, 5) is 21.2. The fourth-order valence-electron chi connectivity index (χ4n) is 1.47. The smallest absolute Gasteiger partial charge is 0.203 e. The maximum atomic E-state index is 10.6. The minimum absolute atomic E-state index is 0.0317. The van der Waals surface area contributed by atoms with Crippen molar-refractivity contribution in [2.45, 2.75) is 0 Å². The lowest BCUT2D eigenvalue weighted by atomic mass is 10.1. The standard InChI is InChI=1S/C13H14O5/c1-16-11-5-9(4-10(7-14)8-15)6-12(17-2)13(11)18-3/h4-8H,1-3H3. The summed E-state index contributed by atoms with van der Waals surface area (Å²) in [7, 11) is 4.48. The van der Waals surface area contributed by atoms with Gasteiger partial charge in [-0.05, 0) is 23.8 Å². The molecule has 0 aliphatic heterocycles. The molecule has 5 heteroatoms. The monoisotopic (exact) mass is 250 g/mol. The number of rotatable bonds is 6. The zero-order valence-corrected chi connectivity index (χ0v) is 10.4. The third-order valence-corrected chi connectivity index (χ3v) is 2.29. The van der Waals surface area contributed by atoms with Gasteiger partial charge >= 0.3 is 0 Å². The lowest BCUT2D eigenvalue weighted by Gasteiger charge is -2.12. The van der Waals surface area contributed by atoms with Crippen molar-refractivity contribution in [2.24, 2.45) is 0 Å². The average molecular weight is 250 g/mol. The molecule has 0 saturated heterocycles. The van der Waals surface area contributed by atoms with Gasteiger partial charge in [-0.25, -0.2) is 0 Å². The number of carbonyl (C=O) groups excluding carboxylic acids is 2. The molecule has 1 rings (SSSR count). The highest BCUT2D eigenvalue weighted by atomic mass is 16.5. The molecule has 0 bridgehead atoms. The second kappa shape index (κ2) is 6.44. The van der Waals surface area contributed by atoms with Gasteiger partial charge in [-0.2, -0.15) is 0 Å². The molecule has 0 aliphatic rings. The van der Waals surface area contributed by atoms with Crippen LogP contribution in [0.4, 0.5) is 0 Å². The number of ether oxygens (including phenoxy) is 3. The Labute approximate surface area is 105 Å². The summed E-state index contributed by atoms with van der Waals surface area (Å²) < 4.78 is 15.5. The van der Waals surface area contributed by atoms with Crippen LogP contribution in [-0.2, 0) is 9.59 Å². The predicted molar refractivity (Wildman–Crippen MR) is 66.2 cm³/mol. The molecule has 0 unspecified atom stereocenters. The summed E-state index contributed by atoms with van der Waals surface area (Å²) >= 11 is 0. The topological polar surface area (TPSA) is 61.8 Å². The van der Waals surface area contributed by atoms with Crippen LogP contribution in [0, 0.1) is 0 Å². The SMILES string of the molecule is COc1cc(C=C(C=O)C=O)cc(OC)c1OC. The van der Waals surface area contributed by atoms with E-state index in [1.54, 1.807) is 12.1 Å². The van der Waals surface area contributed by atoms with Crippen LogP contribution < -0.4 is 14.2 Å². The Morgan fingerprint density at radius 3 is 1.78 bits per heavy atom. The Bertz CT molecular complexity index is 441. The molecule has 1 aromatic carbocycles. The van der Waals surface area contributed by atoms with E-state index in [0.29, 0.717) is 35.4 Å². The molecule has 0 fully saturated rings. The van der Waals surface area contributed by atoms with Crippen molar-refractivity contribution in [3.05, 3.63) is 23.3 Å². The van der Waals surface area contributed by atoms with Gasteiger partial charge in [0.1, 0.15) is 0 Å². The molecule has 0 heterocycles. The van der Waals surface area contributed by atoms with Crippen LogP contribution in [-0.4, -0.2) is 33.9 Å². The molecule has 5 nitrogen and oxygen atoms in total. The first-order valence-electron chi connectivity index (χ1n) is 5.12. The minimum atomic E-state index is 0.0317. The van der Waals surface area contributed by atoms with Gasteiger partial charge in [0.15, 0.2) is 24.1 Å². The summed E-state index contributed by atoms with van der Waals surface area (Å²) in [5.41, 5.74) is 0.642. The summed E-state index contributed by atoms with van der Waals surface area (Å²) in [6.07, 6.45) is 2.40. The van der Waals surface area contributed by atoms with E-state index >= 15 is 0 Å². The molecule has 0 aromatic heterocycles. The summed E-state index contributed by atoms with van der Waals surface area (Å²) in [6, 6.07) is 3.29. The van der Waals surface area contributed by atoms with Gasteiger partial charge in [-0.15, -0.1) is 0 Å². The van der Waals surface area contributed by atoms with E-state index < -0.39 is 0 Å². The van der Waals surface area contributed by atoms with Crippen molar-refractivity contribution in [1.29, 1.82) is 0 Å². The quantitative estimate of drug-likeness (QED) is 0.331. The van der Waals surface area contributed by atoms with Crippen LogP contribution in [0.2, 0.25) is 0 Å². The molecule has 96 valence electrons. The van der Waals surface area contributed by atoms with E-state index in [1.807, 2.05) is 0 Å². The zero-order chi connectivity index (χ0) is 13.5. The molecular weight excluding hydrogens is 236 g/mol. The van der Waals surface area contributed by atoms with Crippen molar-refractivity contribution in [1.82, 2.24) is 0 Å². The molecule has 0 spiro atoms. The summed E-state index contributed by atoms with van der Waals surface area (Å²) in [6.45, 7) is 0. The van der Waals surface area contributed by atoms with E-state index in [4.69, 9.17) is 14.2 Å². The highest BCUT2D eigenvalue weighted by Gasteiger charge is 2.12. The maximum Gasteiger partial charge on any atom is 0.203 e. The summed E-state index contributed by atoms with van der Waals surface area (Å²) in [5.74, 6) is 1.37. The lowest BCUT2D eigenvalue weighted by Crippen LogP contribution is -1.96. The lowest BCUT2D eigenvalue weighted by molar-refractivity contribution is -0.109. The Balaban J connectivity index is 3.35. The van der Waals surface area contributed by atoms with Gasteiger partial charge in [0.05, 0.1) is 26.9 Å². The Hall–Kier alpha value is -2.30. The first-order valence-corrected chi connectivity index (χ1v) is 5.12. The van der Waals surface area contributed by atoms with E-state index in [0.717, 1.165) is 0 Å². The Kier molecular flexibility index (Phi) is 4.92. The fourth-order valence-corrected chi connectivity index (χ4v) is 1.47. The van der Waals surface area contributed by atoms with E-state index in [2.05, 4.69) is 0 Å². The van der Waals surface area contributed by atoms with Crippen molar-refractivity contribution < 1.29 is 23.8 Å². The van der Waals surface area contributed by atoms with Gasteiger partial charge in [-0.1, -0.05) is 0 Å². The van der Waals surface area contributed by atoms with Crippen molar-refractivity contribution in [3.63, 3.8) is 0 Å². The number of hydrogen-bond donors (Lipinski definition) is 0. The normalized spacial score (nSPS) is 9.28. The van der Waals surface area contributed by atoms with Crippen LogP contribution in [0.5, 0.6) is 17.2 Å². The fraction of sp³-hybridized carbons (Fsp3) is 0.231. The molecule has 0 radical (unpaired) electrons. The van der Waals surface area contributed by atoms with E-state index in [-0.39, 0.29) is 5.57 Å². The Morgan fingerprint density at radius 1 is 0.944 bits per heavy atom. The second-order valence-corrected chi connectivity index (χ2v) is 3.34. The predicted octanol–water partition coefficient (Wildman–Crippen LogP) is 1.49. The van der Waals surface area contributed by atoms with Gasteiger partial charge in [0.2, 0.25) is 5.75 Å². The van der Waals surface area contributed by atoms with E-state index in [1.165, 1.54) is 27.4 Å². The number of methoxy groups -OCH3 is 3. The van der Waals surface area contributed by atoms with Crippen LogP contribution in [0.25, 0.3) is 6.08 Å². The van der Waals surface area contributed by atoms with Crippen molar-refractivity contribution >= 4 is 18.6 Å². The number of carbonyl (C=O) groups is 2. The highest BCUT2D eigenvalue weighted by Crippen LogP contribution is 2.38. The summed E-state index contributed by atoms with van der Waals surface area (Å²) in [5, 5.41) is 0. The number of allylic oxidation sites excluding steroid dienone is 1. The highest BCUT2D eigenvalue weighted by molar-refractivity contribution is 6.04. The van der Waals surface area contributed by atoms with Gasteiger partial charge in [0, 0.05) is 0 Å². The zero-order valence-electron chi connectivity index (χ0n) is 10.4. The van der Waals surface area contributed by atoms with Crippen LogP contribution >= 0.6 is 0 Å².